The monoisotopic (exact) mass is 345 g/mol. The van der Waals surface area contributed by atoms with E-state index in [-0.39, 0.29) is 13.2 Å². The van der Waals surface area contributed by atoms with Crippen LogP contribution < -0.4 is 4.74 Å². The summed E-state index contributed by atoms with van der Waals surface area (Å²) in [5, 5.41) is 0. The van der Waals surface area contributed by atoms with Gasteiger partial charge in [-0.05, 0) is 36.4 Å². The molecule has 2 aromatic rings. The number of nitrogens with zero attached hydrogens (tertiary/aromatic N) is 1. The number of likely N-dealkylation sites (N-methyl/N-ethyl adjacent to an activating group) is 1. The number of halogens is 3. The van der Waals surface area contributed by atoms with Gasteiger partial charge in [0.05, 0.1) is 4.90 Å². The lowest BCUT2D eigenvalue weighted by atomic mass is 10.3. The first-order chi connectivity index (χ1) is 10.8. The van der Waals surface area contributed by atoms with Crippen LogP contribution in [0.1, 0.15) is 0 Å². The molecule has 8 heteroatoms. The average molecular weight is 345 g/mol. The second-order valence-corrected chi connectivity index (χ2v) is 6.78. The summed E-state index contributed by atoms with van der Waals surface area (Å²) in [6, 6.07) is 7.33. The highest BCUT2D eigenvalue weighted by molar-refractivity contribution is 7.89. The van der Waals surface area contributed by atoms with E-state index in [9.17, 15) is 21.6 Å². The molecule has 0 saturated heterocycles. The van der Waals surface area contributed by atoms with Crippen LogP contribution >= 0.6 is 0 Å². The van der Waals surface area contributed by atoms with Crippen LogP contribution in [0.3, 0.4) is 0 Å². The van der Waals surface area contributed by atoms with Gasteiger partial charge in [-0.1, -0.05) is 0 Å². The molecule has 0 aromatic heterocycles. The zero-order chi connectivity index (χ0) is 17.0. The van der Waals surface area contributed by atoms with Crippen LogP contribution in [0.15, 0.2) is 47.4 Å². The molecule has 124 valence electrons. The highest BCUT2D eigenvalue weighted by Gasteiger charge is 2.22. The molecule has 0 unspecified atom stereocenters. The zero-order valence-corrected chi connectivity index (χ0v) is 13.0. The molecule has 2 rings (SSSR count). The van der Waals surface area contributed by atoms with Crippen molar-refractivity contribution >= 4 is 10.0 Å². The van der Waals surface area contributed by atoms with Gasteiger partial charge in [0.2, 0.25) is 10.0 Å². The van der Waals surface area contributed by atoms with Crippen LogP contribution in [-0.4, -0.2) is 32.9 Å². The van der Waals surface area contributed by atoms with E-state index >= 15 is 0 Å². The highest BCUT2D eigenvalue weighted by Crippen LogP contribution is 2.17. The van der Waals surface area contributed by atoms with Crippen LogP contribution in [0.2, 0.25) is 0 Å². The Hall–Kier alpha value is -2.06. The number of ether oxygens (including phenoxy) is 1. The summed E-state index contributed by atoms with van der Waals surface area (Å²) < 4.78 is 69.7. The first-order valence-electron chi connectivity index (χ1n) is 6.60. The van der Waals surface area contributed by atoms with Gasteiger partial charge in [-0.25, -0.2) is 21.6 Å². The van der Waals surface area contributed by atoms with Crippen molar-refractivity contribution in [2.45, 2.75) is 4.90 Å². The summed E-state index contributed by atoms with van der Waals surface area (Å²) in [7, 11) is -2.76. The van der Waals surface area contributed by atoms with Crippen LogP contribution in [0.5, 0.6) is 5.75 Å². The van der Waals surface area contributed by atoms with Crippen LogP contribution in [-0.2, 0) is 10.0 Å². The Kier molecular flexibility index (Phi) is 5.27. The molecule has 0 atom stereocenters. The minimum Gasteiger partial charge on any atom is -0.492 e. The number of sulfonamides is 1. The van der Waals surface area contributed by atoms with Crippen LogP contribution in [0.4, 0.5) is 13.2 Å². The van der Waals surface area contributed by atoms with E-state index in [4.69, 9.17) is 4.74 Å². The quantitative estimate of drug-likeness (QED) is 0.809. The van der Waals surface area contributed by atoms with Gasteiger partial charge in [-0.2, -0.15) is 4.31 Å². The van der Waals surface area contributed by atoms with E-state index < -0.39 is 32.4 Å². The maximum atomic E-state index is 13.1. The van der Waals surface area contributed by atoms with Gasteiger partial charge in [-0.15, -0.1) is 0 Å². The Morgan fingerprint density at radius 2 is 1.52 bits per heavy atom. The fourth-order valence-corrected chi connectivity index (χ4v) is 3.00. The standard InChI is InChI=1S/C15H14F3NO3S/c1-19(6-7-22-14-4-2-11(16)3-5-14)23(20,21)15-9-12(17)8-13(18)10-15/h2-5,8-10H,6-7H2,1H3. The first kappa shape index (κ1) is 17.3. The van der Waals surface area contributed by atoms with Crippen molar-refractivity contribution < 1.29 is 26.3 Å². The molecule has 0 radical (unpaired) electrons. The number of hydrogen-bond donors (Lipinski definition) is 0. The van der Waals surface area contributed by atoms with Crippen LogP contribution in [0, 0.1) is 17.5 Å². The van der Waals surface area contributed by atoms with Gasteiger partial charge in [0.15, 0.2) is 0 Å². The minimum absolute atomic E-state index is 0.000833. The Morgan fingerprint density at radius 3 is 2.09 bits per heavy atom. The maximum Gasteiger partial charge on any atom is 0.243 e. The average Bonchev–Trinajstić information content (AvgIpc) is 2.48. The summed E-state index contributed by atoms with van der Waals surface area (Å²) in [5.74, 6) is -1.97. The largest absolute Gasteiger partial charge is 0.492 e. The van der Waals surface area contributed by atoms with Crippen molar-refractivity contribution in [3.8, 4) is 5.75 Å². The summed E-state index contributed by atoms with van der Waals surface area (Å²) in [5.41, 5.74) is 0. The predicted molar refractivity (Wildman–Crippen MR) is 78.1 cm³/mol. The Balaban J connectivity index is 2.01. The van der Waals surface area contributed by atoms with Crippen molar-refractivity contribution in [3.63, 3.8) is 0 Å². The molecule has 0 bridgehead atoms. The summed E-state index contributed by atoms with van der Waals surface area (Å²) in [6.45, 7) is -0.0446. The molecule has 0 spiro atoms. The molecule has 0 amide bonds. The zero-order valence-electron chi connectivity index (χ0n) is 12.2. The van der Waals surface area contributed by atoms with Gasteiger partial charge in [0, 0.05) is 19.7 Å². The third-order valence-electron chi connectivity index (χ3n) is 3.03. The van der Waals surface area contributed by atoms with Crippen molar-refractivity contribution in [3.05, 3.63) is 59.9 Å². The van der Waals surface area contributed by atoms with Gasteiger partial charge in [0.1, 0.15) is 29.8 Å². The maximum absolute atomic E-state index is 13.1. The Morgan fingerprint density at radius 1 is 0.957 bits per heavy atom. The van der Waals surface area contributed by atoms with E-state index in [1.165, 1.54) is 31.3 Å². The van der Waals surface area contributed by atoms with Crippen molar-refractivity contribution in [2.24, 2.45) is 0 Å². The highest BCUT2D eigenvalue weighted by atomic mass is 32.2. The number of benzene rings is 2. The lowest BCUT2D eigenvalue weighted by molar-refractivity contribution is 0.286. The summed E-state index contributed by atoms with van der Waals surface area (Å²) in [6.07, 6.45) is 0. The van der Waals surface area contributed by atoms with E-state index in [0.29, 0.717) is 11.8 Å². The molecule has 4 nitrogen and oxygen atoms in total. The lowest BCUT2D eigenvalue weighted by Crippen LogP contribution is -2.31. The third-order valence-corrected chi connectivity index (χ3v) is 4.87. The summed E-state index contributed by atoms with van der Waals surface area (Å²) in [4.78, 5) is -0.473. The van der Waals surface area contributed by atoms with Gasteiger partial charge < -0.3 is 4.74 Å². The fraction of sp³-hybridized carbons (Fsp3) is 0.200. The molecule has 0 aliphatic heterocycles. The molecule has 0 aliphatic rings. The summed E-state index contributed by atoms with van der Waals surface area (Å²) >= 11 is 0. The molecule has 0 saturated carbocycles. The molecule has 0 N–H and O–H groups in total. The molecular weight excluding hydrogens is 331 g/mol. The molecule has 2 aromatic carbocycles. The van der Waals surface area contributed by atoms with Crippen molar-refractivity contribution in [2.75, 3.05) is 20.2 Å². The van der Waals surface area contributed by atoms with E-state index in [2.05, 4.69) is 0 Å². The lowest BCUT2D eigenvalue weighted by Gasteiger charge is -2.17. The smallest absolute Gasteiger partial charge is 0.243 e. The van der Waals surface area contributed by atoms with E-state index in [1.54, 1.807) is 0 Å². The minimum atomic E-state index is -4.03. The molecular formula is C15H14F3NO3S. The van der Waals surface area contributed by atoms with Crippen molar-refractivity contribution in [1.82, 2.24) is 4.31 Å². The topological polar surface area (TPSA) is 46.6 Å². The Bertz CT molecular complexity index is 759. The van der Waals surface area contributed by atoms with E-state index in [0.717, 1.165) is 16.4 Å². The Labute approximate surface area is 132 Å². The third kappa shape index (κ3) is 4.46. The number of hydrogen-bond acceptors (Lipinski definition) is 3. The molecule has 0 aliphatic carbocycles. The fourth-order valence-electron chi connectivity index (χ4n) is 1.80. The normalized spacial score (nSPS) is 11.7. The SMILES string of the molecule is CN(CCOc1ccc(F)cc1)S(=O)(=O)c1cc(F)cc(F)c1. The molecule has 23 heavy (non-hydrogen) atoms. The first-order valence-corrected chi connectivity index (χ1v) is 8.04. The second kappa shape index (κ2) is 7.01. The number of rotatable bonds is 6. The van der Waals surface area contributed by atoms with Crippen LogP contribution in [0.25, 0.3) is 0 Å². The van der Waals surface area contributed by atoms with Crippen molar-refractivity contribution in [1.29, 1.82) is 0 Å². The van der Waals surface area contributed by atoms with Gasteiger partial charge in [-0.3, -0.25) is 0 Å². The second-order valence-electron chi connectivity index (χ2n) is 4.73. The van der Waals surface area contributed by atoms with E-state index in [1.807, 2.05) is 0 Å². The van der Waals surface area contributed by atoms with Gasteiger partial charge in [0.25, 0.3) is 0 Å². The van der Waals surface area contributed by atoms with Gasteiger partial charge >= 0.3 is 0 Å². The predicted octanol–water partition coefficient (Wildman–Crippen LogP) is 2.80. The molecule has 0 fully saturated rings. The molecule has 0 heterocycles.